The van der Waals surface area contributed by atoms with E-state index >= 15 is 0 Å². The summed E-state index contributed by atoms with van der Waals surface area (Å²) in [4.78, 5) is 15.0. The number of nitrogens with one attached hydrogen (secondary N) is 1. The standard InChI is InChI=1S/C22H29N3O3S/c1-24(2)29(27,28)21-10-8-20(9-11-21)22(26)23-16-18-12-14-25(15-13-18)17-19-6-4-3-5-7-19/h3-11,18H,12-17H2,1-2H3,(H,23,26). The van der Waals surface area contributed by atoms with Crippen LogP contribution < -0.4 is 5.32 Å². The van der Waals surface area contributed by atoms with Crippen LogP contribution in [-0.2, 0) is 16.6 Å². The van der Waals surface area contributed by atoms with Gasteiger partial charge in [0.1, 0.15) is 0 Å². The maximum absolute atomic E-state index is 12.4. The van der Waals surface area contributed by atoms with E-state index in [1.165, 1.54) is 31.8 Å². The van der Waals surface area contributed by atoms with E-state index < -0.39 is 10.0 Å². The Kier molecular flexibility index (Phi) is 7.05. The number of hydrogen-bond donors (Lipinski definition) is 1. The Bertz CT molecular complexity index is 904. The highest BCUT2D eigenvalue weighted by Gasteiger charge is 2.21. The normalized spacial score (nSPS) is 16.1. The van der Waals surface area contributed by atoms with Crippen LogP contribution >= 0.6 is 0 Å². The summed E-state index contributed by atoms with van der Waals surface area (Å²) in [5, 5.41) is 3.00. The maximum atomic E-state index is 12.4. The van der Waals surface area contributed by atoms with Crippen molar-refractivity contribution in [3.8, 4) is 0 Å². The van der Waals surface area contributed by atoms with Gasteiger partial charge in [-0.3, -0.25) is 9.69 Å². The average Bonchev–Trinajstić information content (AvgIpc) is 2.74. The second-order valence-corrected chi connectivity index (χ2v) is 9.88. The number of amides is 1. The molecule has 0 atom stereocenters. The molecule has 1 aliphatic heterocycles. The van der Waals surface area contributed by atoms with Gasteiger partial charge in [0.2, 0.25) is 10.0 Å². The van der Waals surface area contributed by atoms with Crippen molar-refractivity contribution in [3.05, 3.63) is 65.7 Å². The number of benzene rings is 2. The highest BCUT2D eigenvalue weighted by atomic mass is 32.2. The lowest BCUT2D eigenvalue weighted by molar-refractivity contribution is 0.0935. The number of piperidine rings is 1. The SMILES string of the molecule is CN(C)S(=O)(=O)c1ccc(C(=O)NCC2CCN(Cc3ccccc3)CC2)cc1. The third-order valence-corrected chi connectivity index (χ3v) is 7.23. The molecule has 0 aromatic heterocycles. The Balaban J connectivity index is 1.45. The first-order valence-electron chi connectivity index (χ1n) is 9.93. The first-order valence-corrected chi connectivity index (χ1v) is 11.4. The number of likely N-dealkylation sites (tertiary alicyclic amines) is 1. The molecule has 29 heavy (non-hydrogen) atoms. The highest BCUT2D eigenvalue weighted by molar-refractivity contribution is 7.89. The van der Waals surface area contributed by atoms with Crippen molar-refractivity contribution in [1.82, 2.24) is 14.5 Å². The topological polar surface area (TPSA) is 69.7 Å². The van der Waals surface area contributed by atoms with E-state index in [9.17, 15) is 13.2 Å². The largest absolute Gasteiger partial charge is 0.352 e. The molecule has 1 heterocycles. The molecular weight excluding hydrogens is 386 g/mol. The summed E-state index contributed by atoms with van der Waals surface area (Å²) >= 11 is 0. The van der Waals surface area contributed by atoms with Crippen LogP contribution in [0.2, 0.25) is 0 Å². The molecule has 0 bridgehead atoms. The van der Waals surface area contributed by atoms with Crippen molar-refractivity contribution in [2.75, 3.05) is 33.7 Å². The lowest BCUT2D eigenvalue weighted by Gasteiger charge is -2.32. The fourth-order valence-corrected chi connectivity index (χ4v) is 4.42. The third kappa shape index (κ3) is 5.65. The molecule has 156 valence electrons. The van der Waals surface area contributed by atoms with Crippen molar-refractivity contribution in [2.24, 2.45) is 5.92 Å². The van der Waals surface area contributed by atoms with Crippen LogP contribution in [0.25, 0.3) is 0 Å². The van der Waals surface area contributed by atoms with Gasteiger partial charge >= 0.3 is 0 Å². The molecule has 7 heteroatoms. The maximum Gasteiger partial charge on any atom is 0.251 e. The van der Waals surface area contributed by atoms with Crippen molar-refractivity contribution in [2.45, 2.75) is 24.3 Å². The van der Waals surface area contributed by atoms with Gasteiger partial charge in [0, 0.05) is 32.7 Å². The van der Waals surface area contributed by atoms with Gasteiger partial charge in [0.15, 0.2) is 0 Å². The minimum absolute atomic E-state index is 0.162. The van der Waals surface area contributed by atoms with Gasteiger partial charge in [-0.2, -0.15) is 0 Å². The van der Waals surface area contributed by atoms with E-state index in [2.05, 4.69) is 34.5 Å². The Morgan fingerprint density at radius 2 is 1.66 bits per heavy atom. The molecule has 0 unspecified atom stereocenters. The van der Waals surface area contributed by atoms with Crippen LogP contribution in [0.15, 0.2) is 59.5 Å². The van der Waals surface area contributed by atoms with Crippen LogP contribution in [0.3, 0.4) is 0 Å². The number of nitrogens with zero attached hydrogens (tertiary/aromatic N) is 2. The van der Waals surface area contributed by atoms with E-state index in [1.54, 1.807) is 12.1 Å². The van der Waals surface area contributed by atoms with Crippen LogP contribution in [0, 0.1) is 5.92 Å². The number of sulfonamides is 1. The summed E-state index contributed by atoms with van der Waals surface area (Å²) in [6.45, 7) is 3.69. The lowest BCUT2D eigenvalue weighted by Crippen LogP contribution is -2.38. The minimum Gasteiger partial charge on any atom is -0.352 e. The van der Waals surface area contributed by atoms with Gasteiger partial charge in [-0.25, -0.2) is 12.7 Å². The molecule has 1 aliphatic rings. The number of carbonyl (C=O) groups is 1. The van der Waals surface area contributed by atoms with Gasteiger partial charge in [0.25, 0.3) is 5.91 Å². The zero-order valence-electron chi connectivity index (χ0n) is 17.0. The summed E-state index contributed by atoms with van der Waals surface area (Å²) < 4.78 is 25.4. The van der Waals surface area contributed by atoms with Crippen LogP contribution in [0.5, 0.6) is 0 Å². The molecule has 3 rings (SSSR count). The number of carbonyl (C=O) groups excluding carboxylic acids is 1. The second kappa shape index (κ2) is 9.52. The minimum atomic E-state index is -3.48. The van der Waals surface area contributed by atoms with Gasteiger partial charge in [-0.15, -0.1) is 0 Å². The molecule has 2 aromatic rings. The Morgan fingerprint density at radius 3 is 2.24 bits per heavy atom. The van der Waals surface area contributed by atoms with Crippen molar-refractivity contribution >= 4 is 15.9 Å². The van der Waals surface area contributed by atoms with E-state index in [1.807, 2.05) is 6.07 Å². The van der Waals surface area contributed by atoms with Crippen molar-refractivity contribution in [3.63, 3.8) is 0 Å². The van der Waals surface area contributed by atoms with E-state index in [4.69, 9.17) is 0 Å². The monoisotopic (exact) mass is 415 g/mol. The Morgan fingerprint density at radius 1 is 1.03 bits per heavy atom. The summed E-state index contributed by atoms with van der Waals surface area (Å²) in [5.74, 6) is 0.310. The third-order valence-electron chi connectivity index (χ3n) is 5.40. The molecule has 1 fully saturated rings. The average molecular weight is 416 g/mol. The molecule has 2 aromatic carbocycles. The Hall–Kier alpha value is -2.22. The molecule has 1 N–H and O–H groups in total. The summed E-state index contributed by atoms with van der Waals surface area (Å²) in [6, 6.07) is 16.6. The van der Waals surface area contributed by atoms with Gasteiger partial charge < -0.3 is 5.32 Å². The Labute approximate surface area is 173 Å². The van der Waals surface area contributed by atoms with Gasteiger partial charge in [-0.05, 0) is 61.7 Å². The quantitative estimate of drug-likeness (QED) is 0.755. The number of rotatable bonds is 7. The molecule has 0 saturated carbocycles. The zero-order chi connectivity index (χ0) is 20.9. The van der Waals surface area contributed by atoms with E-state index in [0.717, 1.165) is 36.8 Å². The van der Waals surface area contributed by atoms with Gasteiger partial charge in [-0.1, -0.05) is 30.3 Å². The molecule has 1 amide bonds. The predicted octanol–water partition coefficient (Wildman–Crippen LogP) is 2.58. The fourth-order valence-electron chi connectivity index (χ4n) is 3.52. The summed E-state index contributed by atoms with van der Waals surface area (Å²) in [6.07, 6.45) is 2.13. The van der Waals surface area contributed by atoms with Crippen molar-refractivity contribution < 1.29 is 13.2 Å². The van der Waals surface area contributed by atoms with Crippen LogP contribution in [-0.4, -0.2) is 57.3 Å². The first-order chi connectivity index (χ1) is 13.9. The molecule has 0 aliphatic carbocycles. The lowest BCUT2D eigenvalue weighted by atomic mass is 9.96. The van der Waals surface area contributed by atoms with Crippen molar-refractivity contribution in [1.29, 1.82) is 0 Å². The molecular formula is C22H29N3O3S. The summed E-state index contributed by atoms with van der Waals surface area (Å²) in [5.41, 5.74) is 1.81. The first kappa shape index (κ1) is 21.5. The molecule has 1 saturated heterocycles. The number of hydrogen-bond acceptors (Lipinski definition) is 4. The van der Waals surface area contributed by atoms with Gasteiger partial charge in [0.05, 0.1) is 4.90 Å². The molecule has 6 nitrogen and oxygen atoms in total. The highest BCUT2D eigenvalue weighted by Crippen LogP contribution is 2.19. The molecule has 0 spiro atoms. The predicted molar refractivity (Wildman–Crippen MR) is 114 cm³/mol. The molecule has 0 radical (unpaired) electrons. The summed E-state index contributed by atoms with van der Waals surface area (Å²) in [7, 11) is -0.505. The smallest absolute Gasteiger partial charge is 0.251 e. The fraction of sp³-hybridized carbons (Fsp3) is 0.409. The second-order valence-electron chi connectivity index (χ2n) is 7.73. The van der Waals surface area contributed by atoms with E-state index in [-0.39, 0.29) is 10.8 Å². The zero-order valence-corrected chi connectivity index (χ0v) is 17.9. The van der Waals surface area contributed by atoms with Crippen LogP contribution in [0.1, 0.15) is 28.8 Å². The van der Waals surface area contributed by atoms with E-state index in [0.29, 0.717) is 18.0 Å². The van der Waals surface area contributed by atoms with Crippen LogP contribution in [0.4, 0.5) is 0 Å².